The summed E-state index contributed by atoms with van der Waals surface area (Å²) in [4.78, 5) is 28.5. The number of hydrogen-bond acceptors (Lipinski definition) is 8. The molecule has 0 bridgehead atoms. The maximum absolute atomic E-state index is 14.2. The first-order valence-electron chi connectivity index (χ1n) is 11.2. The van der Waals surface area contributed by atoms with E-state index in [9.17, 15) is 19.1 Å². The monoisotopic (exact) mass is 497 g/mol. The first-order valence-corrected chi connectivity index (χ1v) is 11.2. The molecule has 36 heavy (non-hydrogen) atoms. The molecule has 0 unspecified atom stereocenters. The number of nitriles is 1. The molecule has 0 saturated carbocycles. The van der Waals surface area contributed by atoms with Gasteiger partial charge >= 0.3 is 6.09 Å². The van der Waals surface area contributed by atoms with E-state index in [1.165, 1.54) is 33.4 Å². The van der Waals surface area contributed by atoms with Crippen LogP contribution in [0.5, 0.6) is 0 Å². The Labute approximate surface area is 207 Å². The van der Waals surface area contributed by atoms with Gasteiger partial charge in [-0.2, -0.15) is 10.4 Å². The second-order valence-corrected chi connectivity index (χ2v) is 8.56. The number of aromatic nitrogens is 3. The van der Waals surface area contributed by atoms with Crippen molar-refractivity contribution < 1.29 is 23.8 Å². The molecule has 3 heterocycles. The van der Waals surface area contributed by atoms with Gasteiger partial charge in [-0.05, 0) is 44.5 Å². The van der Waals surface area contributed by atoms with Crippen LogP contribution in [-0.2, 0) is 4.74 Å². The Kier molecular flexibility index (Phi) is 8.39. The van der Waals surface area contributed by atoms with Crippen LogP contribution in [0.15, 0.2) is 36.7 Å². The van der Waals surface area contributed by atoms with Crippen molar-refractivity contribution in [2.24, 2.45) is 0 Å². The predicted molar refractivity (Wildman–Crippen MR) is 130 cm³/mol. The smallest absolute Gasteiger partial charge is 0.406 e. The van der Waals surface area contributed by atoms with Crippen LogP contribution in [0.4, 0.5) is 14.9 Å². The molecule has 12 heteroatoms. The van der Waals surface area contributed by atoms with Crippen LogP contribution >= 0.6 is 0 Å². The highest BCUT2D eigenvalue weighted by Crippen LogP contribution is 2.25. The largest absolute Gasteiger partial charge is 0.453 e. The SMILES string of the molecule is COC(=O)NCCCNc1cc(-c2ccc3cc(C#N)cnn23)ncc1C(=O)NC[C@@H](F)C(C)(C)O. The average Bonchev–Trinajstić information content (AvgIpc) is 3.29. The molecule has 0 aliphatic heterocycles. The lowest BCUT2D eigenvalue weighted by atomic mass is 10.0. The highest BCUT2D eigenvalue weighted by atomic mass is 19.1. The lowest BCUT2D eigenvalue weighted by Crippen LogP contribution is -2.42. The second-order valence-electron chi connectivity index (χ2n) is 8.56. The van der Waals surface area contributed by atoms with Crippen LogP contribution in [0.2, 0.25) is 0 Å². The third-order valence-electron chi connectivity index (χ3n) is 5.37. The Morgan fingerprint density at radius 2 is 2.03 bits per heavy atom. The van der Waals surface area contributed by atoms with Crippen LogP contribution < -0.4 is 16.0 Å². The van der Waals surface area contributed by atoms with E-state index in [1.807, 2.05) is 6.07 Å². The fourth-order valence-electron chi connectivity index (χ4n) is 3.28. The van der Waals surface area contributed by atoms with Gasteiger partial charge in [-0.1, -0.05) is 0 Å². The molecule has 2 amide bonds. The summed E-state index contributed by atoms with van der Waals surface area (Å²) in [5.74, 6) is -0.562. The molecule has 0 radical (unpaired) electrons. The summed E-state index contributed by atoms with van der Waals surface area (Å²) in [5, 5.41) is 31.4. The molecule has 0 aliphatic carbocycles. The standard InChI is InChI=1S/C24H28FN7O4/c1-24(2,35)21(25)14-30-22(33)17-13-29-19(10-18(17)27-7-4-8-28-23(34)36-3)20-6-5-16-9-15(11-26)12-31-32(16)20/h5-6,9-10,12-13,21,35H,4,7-8,14H2,1-3H3,(H,27,29)(H,28,34)(H,30,33)/t21-/m1/s1. The molecule has 190 valence electrons. The molecular formula is C24H28FN7O4. The van der Waals surface area contributed by atoms with Gasteiger partial charge in [0.15, 0.2) is 0 Å². The van der Waals surface area contributed by atoms with Gasteiger partial charge in [0.2, 0.25) is 0 Å². The number of alkyl carbamates (subject to hydrolysis) is 1. The van der Waals surface area contributed by atoms with Gasteiger partial charge in [-0.25, -0.2) is 13.7 Å². The van der Waals surface area contributed by atoms with Crippen LogP contribution in [0.1, 0.15) is 36.2 Å². The molecule has 3 aromatic heterocycles. The first-order chi connectivity index (χ1) is 17.1. The van der Waals surface area contributed by atoms with Crippen molar-refractivity contribution in [1.29, 1.82) is 5.26 Å². The van der Waals surface area contributed by atoms with Crippen LogP contribution in [0, 0.1) is 11.3 Å². The minimum Gasteiger partial charge on any atom is -0.453 e. The van der Waals surface area contributed by atoms with Crippen molar-refractivity contribution in [3.05, 3.63) is 47.8 Å². The molecule has 11 nitrogen and oxygen atoms in total. The van der Waals surface area contributed by atoms with Gasteiger partial charge in [0.25, 0.3) is 5.91 Å². The minimum absolute atomic E-state index is 0.184. The number of ether oxygens (including phenoxy) is 1. The minimum atomic E-state index is -1.66. The summed E-state index contributed by atoms with van der Waals surface area (Å²) in [6.07, 6.45) is 1.15. The number of rotatable bonds is 10. The van der Waals surface area contributed by atoms with Crippen molar-refractivity contribution in [2.45, 2.75) is 32.0 Å². The summed E-state index contributed by atoms with van der Waals surface area (Å²) in [6.45, 7) is 3.03. The van der Waals surface area contributed by atoms with E-state index in [2.05, 4.69) is 30.8 Å². The van der Waals surface area contributed by atoms with Crippen LogP contribution in [0.25, 0.3) is 16.9 Å². The zero-order valence-electron chi connectivity index (χ0n) is 20.2. The molecule has 3 aromatic rings. The molecule has 0 spiro atoms. The maximum Gasteiger partial charge on any atom is 0.406 e. The molecule has 0 fully saturated rings. The lowest BCUT2D eigenvalue weighted by molar-refractivity contribution is -0.00177. The van der Waals surface area contributed by atoms with E-state index in [1.54, 1.807) is 28.8 Å². The first kappa shape index (κ1) is 26.4. The van der Waals surface area contributed by atoms with Crippen molar-refractivity contribution in [3.8, 4) is 17.5 Å². The number of fused-ring (bicyclic) bond motifs is 1. The fourth-order valence-corrected chi connectivity index (χ4v) is 3.28. The summed E-state index contributed by atoms with van der Waals surface area (Å²) in [5.41, 5.74) is 1.31. The lowest BCUT2D eigenvalue weighted by Gasteiger charge is -2.22. The highest BCUT2D eigenvalue weighted by molar-refractivity contribution is 6.00. The third kappa shape index (κ3) is 6.45. The summed E-state index contributed by atoms with van der Waals surface area (Å²) >= 11 is 0. The Morgan fingerprint density at radius 1 is 1.25 bits per heavy atom. The van der Waals surface area contributed by atoms with E-state index in [0.29, 0.717) is 47.7 Å². The van der Waals surface area contributed by atoms with Gasteiger partial charge in [-0.15, -0.1) is 0 Å². The number of alkyl halides is 1. The molecule has 0 saturated heterocycles. The summed E-state index contributed by atoms with van der Waals surface area (Å²) < 4.78 is 20.3. The average molecular weight is 498 g/mol. The molecular weight excluding hydrogens is 469 g/mol. The van der Waals surface area contributed by atoms with Crippen molar-refractivity contribution in [3.63, 3.8) is 0 Å². The van der Waals surface area contributed by atoms with E-state index in [4.69, 9.17) is 5.26 Å². The summed E-state index contributed by atoms with van der Waals surface area (Å²) in [7, 11) is 1.28. The van der Waals surface area contributed by atoms with E-state index in [-0.39, 0.29) is 12.1 Å². The number of aliphatic hydroxyl groups is 1. The quantitative estimate of drug-likeness (QED) is 0.311. The van der Waals surface area contributed by atoms with Gasteiger partial charge < -0.3 is 25.8 Å². The van der Waals surface area contributed by atoms with Crippen molar-refractivity contribution in [2.75, 3.05) is 32.1 Å². The van der Waals surface area contributed by atoms with Gasteiger partial charge in [0.1, 0.15) is 12.2 Å². The number of anilines is 1. The highest BCUT2D eigenvalue weighted by Gasteiger charge is 2.27. The number of hydrogen-bond donors (Lipinski definition) is 4. The molecule has 1 atom stereocenters. The molecule has 4 N–H and O–H groups in total. The number of pyridine rings is 1. The zero-order valence-corrected chi connectivity index (χ0v) is 20.2. The van der Waals surface area contributed by atoms with E-state index >= 15 is 0 Å². The Morgan fingerprint density at radius 3 is 2.72 bits per heavy atom. The van der Waals surface area contributed by atoms with Crippen LogP contribution in [0.3, 0.4) is 0 Å². The van der Waals surface area contributed by atoms with Gasteiger partial charge in [-0.3, -0.25) is 9.78 Å². The third-order valence-corrected chi connectivity index (χ3v) is 5.37. The number of methoxy groups -OCH3 is 1. The Hall–Kier alpha value is -4.24. The number of carbonyl (C=O) groups excluding carboxylic acids is 2. The van der Waals surface area contributed by atoms with Crippen molar-refractivity contribution >= 4 is 23.2 Å². The molecule has 3 rings (SSSR count). The van der Waals surface area contributed by atoms with Crippen LogP contribution in [-0.4, -0.2) is 70.2 Å². The predicted octanol–water partition coefficient (Wildman–Crippen LogP) is 2.26. The fraction of sp³-hybridized carbons (Fsp3) is 0.375. The molecule has 0 aromatic carbocycles. The second kappa shape index (κ2) is 11.5. The van der Waals surface area contributed by atoms with E-state index in [0.717, 1.165) is 0 Å². The van der Waals surface area contributed by atoms with Crippen molar-refractivity contribution in [1.82, 2.24) is 25.2 Å². The number of halogens is 1. The topological polar surface area (TPSA) is 154 Å². The molecule has 0 aliphatic rings. The maximum atomic E-state index is 14.2. The number of amides is 2. The van der Waals surface area contributed by atoms with E-state index < -0.39 is 23.8 Å². The number of nitrogens with zero attached hydrogens (tertiary/aromatic N) is 4. The summed E-state index contributed by atoms with van der Waals surface area (Å²) in [6, 6.07) is 9.02. The Bertz CT molecular complexity index is 1280. The Balaban J connectivity index is 1.85. The number of carbonyl (C=O) groups is 2. The zero-order chi connectivity index (χ0) is 26.3. The normalized spacial score (nSPS) is 12.0. The van der Waals surface area contributed by atoms with Gasteiger partial charge in [0, 0.05) is 19.3 Å². The van der Waals surface area contributed by atoms with Gasteiger partial charge in [0.05, 0.1) is 59.2 Å². The number of nitrogens with one attached hydrogen (secondary N) is 3.